The predicted molar refractivity (Wildman–Crippen MR) is 108 cm³/mol. The number of methoxy groups -OCH3 is 4. The lowest BCUT2D eigenvalue weighted by molar-refractivity contribution is -0.107. The summed E-state index contributed by atoms with van der Waals surface area (Å²) in [4.78, 5) is 11.2. The number of allylic oxidation sites excluding steroid dienone is 1. The number of carbonyl (C=O) groups is 1. The molecule has 0 atom stereocenters. The molecule has 0 N–H and O–H groups in total. The van der Waals surface area contributed by atoms with Crippen LogP contribution in [0.2, 0.25) is 0 Å². The zero-order chi connectivity index (χ0) is 19.6. The molecule has 0 aliphatic carbocycles. The number of halogens is 1. The van der Waals surface area contributed by atoms with Gasteiger partial charge in [-0.25, -0.2) is 0 Å². The van der Waals surface area contributed by atoms with Crippen molar-refractivity contribution in [3.05, 3.63) is 42.0 Å². The van der Waals surface area contributed by atoms with Crippen molar-refractivity contribution in [2.75, 3.05) is 28.4 Å². The highest BCUT2D eigenvalue weighted by atomic mass is 35.5. The van der Waals surface area contributed by atoms with Crippen LogP contribution < -0.4 is 18.9 Å². The van der Waals surface area contributed by atoms with E-state index in [4.69, 9.17) is 30.5 Å². The maximum atomic E-state index is 11.2. The Morgan fingerprint density at radius 3 is 1.74 bits per heavy atom. The first-order valence-corrected chi connectivity index (χ1v) is 8.52. The first kappa shape index (κ1) is 18.9. The van der Waals surface area contributed by atoms with Gasteiger partial charge in [-0.2, -0.15) is 0 Å². The number of ether oxygens (including phenoxy) is 4. The van der Waals surface area contributed by atoms with Gasteiger partial charge in [0.1, 0.15) is 0 Å². The van der Waals surface area contributed by atoms with E-state index < -0.39 is 5.24 Å². The van der Waals surface area contributed by atoms with Gasteiger partial charge in [-0.15, -0.1) is 0 Å². The second-order valence-corrected chi connectivity index (χ2v) is 6.16. The van der Waals surface area contributed by atoms with Gasteiger partial charge in [-0.1, -0.05) is 0 Å². The third kappa shape index (κ3) is 3.51. The Hall–Kier alpha value is -2.92. The zero-order valence-electron chi connectivity index (χ0n) is 15.5. The van der Waals surface area contributed by atoms with Crippen molar-refractivity contribution in [1.82, 2.24) is 0 Å². The van der Waals surface area contributed by atoms with Crippen LogP contribution in [-0.2, 0) is 4.79 Å². The van der Waals surface area contributed by atoms with Gasteiger partial charge in [0.2, 0.25) is 5.24 Å². The van der Waals surface area contributed by atoms with Gasteiger partial charge in [-0.05, 0) is 81.2 Å². The predicted octanol–water partition coefficient (Wildman–Crippen LogP) is 4.81. The number of hydrogen-bond acceptors (Lipinski definition) is 5. The van der Waals surface area contributed by atoms with Crippen molar-refractivity contribution in [2.45, 2.75) is 0 Å². The van der Waals surface area contributed by atoms with Crippen LogP contribution in [0.3, 0.4) is 0 Å². The lowest BCUT2D eigenvalue weighted by atomic mass is 9.95. The topological polar surface area (TPSA) is 54.0 Å². The minimum absolute atomic E-state index is 0.545. The van der Waals surface area contributed by atoms with Gasteiger partial charge in [0, 0.05) is 0 Å². The molecule has 0 saturated heterocycles. The third-order valence-electron chi connectivity index (χ3n) is 4.39. The SMILES string of the molecule is COc1cc2cc(/C=C/C(=O)Cl)c3cc(OC)c(OC)cc3c2cc1OC. The average Bonchev–Trinajstić information content (AvgIpc) is 2.69. The zero-order valence-corrected chi connectivity index (χ0v) is 16.2. The van der Waals surface area contributed by atoms with Crippen LogP contribution in [0.4, 0.5) is 0 Å². The van der Waals surface area contributed by atoms with Crippen LogP contribution in [0, 0.1) is 0 Å². The fourth-order valence-electron chi connectivity index (χ4n) is 3.13. The maximum Gasteiger partial charge on any atom is 0.245 e. The summed E-state index contributed by atoms with van der Waals surface area (Å²) in [6.45, 7) is 0. The van der Waals surface area contributed by atoms with E-state index in [0.717, 1.165) is 27.1 Å². The number of hydrogen-bond donors (Lipinski definition) is 0. The van der Waals surface area contributed by atoms with Gasteiger partial charge in [0.25, 0.3) is 0 Å². The molecule has 3 aromatic carbocycles. The van der Waals surface area contributed by atoms with Crippen LogP contribution in [-0.4, -0.2) is 33.7 Å². The van der Waals surface area contributed by atoms with Crippen LogP contribution in [0.25, 0.3) is 27.6 Å². The van der Waals surface area contributed by atoms with Crippen molar-refractivity contribution < 1.29 is 23.7 Å². The molecular weight excluding hydrogens is 368 g/mol. The summed E-state index contributed by atoms with van der Waals surface area (Å²) in [6.07, 6.45) is 3.00. The molecule has 0 saturated carbocycles. The second-order valence-electron chi connectivity index (χ2n) is 5.78. The minimum atomic E-state index is -0.545. The molecule has 140 valence electrons. The summed E-state index contributed by atoms with van der Waals surface area (Å²) in [5.41, 5.74) is 0.819. The normalized spacial score (nSPS) is 11.1. The molecule has 0 heterocycles. The van der Waals surface area contributed by atoms with Gasteiger partial charge >= 0.3 is 0 Å². The van der Waals surface area contributed by atoms with Crippen molar-refractivity contribution in [3.63, 3.8) is 0 Å². The highest BCUT2D eigenvalue weighted by molar-refractivity contribution is 6.66. The monoisotopic (exact) mass is 386 g/mol. The molecule has 0 unspecified atom stereocenters. The molecule has 0 fully saturated rings. The summed E-state index contributed by atoms with van der Waals surface area (Å²) in [6, 6.07) is 9.56. The average molecular weight is 387 g/mol. The Morgan fingerprint density at radius 2 is 1.22 bits per heavy atom. The van der Waals surface area contributed by atoms with E-state index in [-0.39, 0.29) is 0 Å². The third-order valence-corrected chi connectivity index (χ3v) is 4.51. The molecule has 3 aromatic rings. The molecule has 6 heteroatoms. The summed E-state index contributed by atoms with van der Waals surface area (Å²) < 4.78 is 21.8. The molecule has 5 nitrogen and oxygen atoms in total. The highest BCUT2D eigenvalue weighted by Crippen LogP contribution is 2.41. The Kier molecular flexibility index (Phi) is 5.42. The van der Waals surface area contributed by atoms with Crippen molar-refractivity contribution in [2.24, 2.45) is 0 Å². The highest BCUT2D eigenvalue weighted by Gasteiger charge is 2.14. The quantitative estimate of drug-likeness (QED) is 0.346. The molecule has 0 bridgehead atoms. The standard InChI is InChI=1S/C21H19ClO5/c1-24-17-8-13-7-12(5-6-21(22)23)14-9-19(26-3)20(27-4)11-16(14)15(13)10-18(17)25-2/h5-11H,1-4H3/b6-5+. The minimum Gasteiger partial charge on any atom is -0.493 e. The van der Waals surface area contributed by atoms with Crippen LogP contribution in [0.5, 0.6) is 23.0 Å². The molecule has 3 rings (SSSR count). The summed E-state index contributed by atoms with van der Waals surface area (Å²) in [7, 11) is 6.35. The smallest absolute Gasteiger partial charge is 0.245 e. The van der Waals surface area contributed by atoms with Crippen molar-refractivity contribution in [3.8, 4) is 23.0 Å². The van der Waals surface area contributed by atoms with E-state index >= 15 is 0 Å². The molecule has 0 amide bonds. The lowest BCUT2D eigenvalue weighted by Gasteiger charge is -2.15. The molecular formula is C21H19ClO5. The largest absolute Gasteiger partial charge is 0.493 e. The Labute approximate surface area is 162 Å². The van der Waals surface area contributed by atoms with Gasteiger partial charge in [-0.3, -0.25) is 4.79 Å². The fourth-order valence-corrected chi connectivity index (χ4v) is 3.19. The fraction of sp³-hybridized carbons (Fsp3) is 0.190. The van der Waals surface area contributed by atoms with E-state index in [2.05, 4.69) is 0 Å². The molecule has 27 heavy (non-hydrogen) atoms. The van der Waals surface area contributed by atoms with E-state index in [1.54, 1.807) is 34.5 Å². The number of rotatable bonds is 6. The van der Waals surface area contributed by atoms with E-state index in [0.29, 0.717) is 23.0 Å². The van der Waals surface area contributed by atoms with Crippen molar-refractivity contribution in [1.29, 1.82) is 0 Å². The van der Waals surface area contributed by atoms with E-state index in [1.165, 1.54) is 6.08 Å². The first-order valence-electron chi connectivity index (χ1n) is 8.14. The Morgan fingerprint density at radius 1 is 0.741 bits per heavy atom. The van der Waals surface area contributed by atoms with Gasteiger partial charge in [0.15, 0.2) is 23.0 Å². The van der Waals surface area contributed by atoms with Crippen LogP contribution >= 0.6 is 11.6 Å². The second kappa shape index (κ2) is 7.76. The molecule has 0 aliphatic rings. The maximum absolute atomic E-state index is 11.2. The summed E-state index contributed by atoms with van der Waals surface area (Å²) >= 11 is 5.48. The van der Waals surface area contributed by atoms with Gasteiger partial charge < -0.3 is 18.9 Å². The molecule has 0 aromatic heterocycles. The molecule has 0 aliphatic heterocycles. The number of carbonyl (C=O) groups excluding carboxylic acids is 1. The van der Waals surface area contributed by atoms with E-state index in [9.17, 15) is 4.79 Å². The molecule has 0 spiro atoms. The Balaban J connectivity index is 2.46. The summed E-state index contributed by atoms with van der Waals surface area (Å²) in [5.74, 6) is 2.45. The molecule has 0 radical (unpaired) electrons. The van der Waals surface area contributed by atoms with Crippen LogP contribution in [0.15, 0.2) is 36.4 Å². The number of benzene rings is 3. The van der Waals surface area contributed by atoms with Crippen LogP contribution in [0.1, 0.15) is 5.56 Å². The lowest BCUT2D eigenvalue weighted by Crippen LogP contribution is -1.94. The summed E-state index contributed by atoms with van der Waals surface area (Å²) in [5, 5.41) is 3.15. The number of fused-ring (bicyclic) bond motifs is 3. The Bertz CT molecular complexity index is 1060. The first-order chi connectivity index (χ1) is 13.0. The van der Waals surface area contributed by atoms with E-state index in [1.807, 2.05) is 30.3 Å². The van der Waals surface area contributed by atoms with Crippen molar-refractivity contribution >= 4 is 44.5 Å². The van der Waals surface area contributed by atoms with Gasteiger partial charge in [0.05, 0.1) is 28.4 Å².